The number of hydrogen-bond donors (Lipinski definition) is 0. The number of nitrogens with zero attached hydrogens (tertiary/aromatic N) is 3. The number of sulfone groups is 1. The Bertz CT molecular complexity index is 981. The number of alkyl halides is 6. The van der Waals surface area contributed by atoms with Crippen molar-refractivity contribution >= 4 is 9.84 Å². The summed E-state index contributed by atoms with van der Waals surface area (Å²) < 4.78 is 108. The topological polar surface area (TPSA) is 74.1 Å². The highest BCUT2D eigenvalue weighted by Gasteiger charge is 2.42. The quantitative estimate of drug-likeness (QED) is 0.631. The number of ether oxygens (including phenoxy) is 1. The molecule has 0 fully saturated rings. The molecule has 0 aromatic carbocycles. The molecule has 0 spiro atoms. The van der Waals surface area contributed by atoms with Gasteiger partial charge in [0.05, 0.1) is 11.3 Å². The fraction of sp³-hybridized carbons (Fsp3) is 0.500. The molecule has 13 heteroatoms. The summed E-state index contributed by atoms with van der Waals surface area (Å²) in [5, 5.41) is 2.62. The number of hydrogen-bond acceptors (Lipinski definition) is 5. The number of aromatic nitrogens is 3. The van der Waals surface area contributed by atoms with Gasteiger partial charge in [-0.2, -0.15) is 31.4 Å². The third-order valence-electron chi connectivity index (χ3n) is 3.81. The van der Waals surface area contributed by atoms with Crippen molar-refractivity contribution in [1.82, 2.24) is 14.8 Å². The molecule has 0 unspecified atom stereocenters. The van der Waals surface area contributed by atoms with Crippen LogP contribution in [0.2, 0.25) is 0 Å². The monoisotopic (exact) mass is 445 g/mol. The first-order chi connectivity index (χ1) is 13.1. The van der Waals surface area contributed by atoms with Crippen molar-refractivity contribution in [3.63, 3.8) is 0 Å². The first-order valence-electron chi connectivity index (χ1n) is 8.13. The van der Waals surface area contributed by atoms with Crippen LogP contribution in [-0.4, -0.2) is 36.0 Å². The van der Waals surface area contributed by atoms with Gasteiger partial charge in [0, 0.05) is 13.2 Å². The Balaban J connectivity index is 2.53. The fourth-order valence-electron chi connectivity index (χ4n) is 2.46. The minimum Gasteiger partial charge on any atom is -0.468 e. The van der Waals surface area contributed by atoms with E-state index in [0.29, 0.717) is 10.2 Å². The summed E-state index contributed by atoms with van der Waals surface area (Å²) in [7, 11) is -3.52. The zero-order valence-corrected chi connectivity index (χ0v) is 16.3. The van der Waals surface area contributed by atoms with Crippen molar-refractivity contribution < 1.29 is 39.5 Å². The van der Waals surface area contributed by atoms with Gasteiger partial charge in [0.15, 0.2) is 27.2 Å². The third-order valence-corrected chi connectivity index (χ3v) is 5.34. The summed E-state index contributed by atoms with van der Waals surface area (Å²) in [4.78, 5) is 3.69. The summed E-state index contributed by atoms with van der Waals surface area (Å²) in [6, 6.07) is 2.76. The maximum atomic E-state index is 13.3. The van der Waals surface area contributed by atoms with Crippen molar-refractivity contribution in [2.24, 2.45) is 7.05 Å². The molecule has 0 saturated carbocycles. The van der Waals surface area contributed by atoms with E-state index in [1.54, 1.807) is 19.9 Å². The van der Waals surface area contributed by atoms with Crippen LogP contribution in [0.5, 0.6) is 5.88 Å². The van der Waals surface area contributed by atoms with Gasteiger partial charge in [-0.15, -0.1) is 0 Å². The molecular formula is C16H17F6N3O3S. The van der Waals surface area contributed by atoms with E-state index < -0.39 is 56.7 Å². The lowest BCUT2D eigenvalue weighted by atomic mass is 10.1. The van der Waals surface area contributed by atoms with Crippen LogP contribution in [0.15, 0.2) is 23.4 Å². The average Bonchev–Trinajstić information content (AvgIpc) is 2.87. The van der Waals surface area contributed by atoms with Crippen LogP contribution in [0, 0.1) is 0 Å². The predicted molar refractivity (Wildman–Crippen MR) is 89.0 cm³/mol. The molecule has 0 N–H and O–H groups in total. The maximum Gasteiger partial charge on any atom is 0.435 e. The lowest BCUT2D eigenvalue weighted by Crippen LogP contribution is -2.21. The Morgan fingerprint density at radius 3 is 2.31 bits per heavy atom. The molecule has 0 saturated heterocycles. The molecule has 0 bridgehead atoms. The van der Waals surface area contributed by atoms with E-state index in [9.17, 15) is 34.8 Å². The van der Waals surface area contributed by atoms with Gasteiger partial charge in [0.2, 0.25) is 5.88 Å². The Labute approximate surface area is 162 Å². The lowest BCUT2D eigenvalue weighted by molar-refractivity contribution is -0.154. The van der Waals surface area contributed by atoms with Crippen molar-refractivity contribution in [1.29, 1.82) is 0 Å². The van der Waals surface area contributed by atoms with Crippen LogP contribution in [0.3, 0.4) is 0 Å². The summed E-state index contributed by atoms with van der Waals surface area (Å²) >= 11 is 0. The Kier molecular flexibility index (Phi) is 6.21. The third kappa shape index (κ3) is 5.61. The molecule has 2 rings (SSSR count). The minimum absolute atomic E-state index is 0.0817. The Morgan fingerprint density at radius 1 is 1.17 bits per heavy atom. The molecule has 0 radical (unpaired) electrons. The van der Waals surface area contributed by atoms with E-state index in [4.69, 9.17) is 0 Å². The second-order valence-electron chi connectivity index (χ2n) is 6.50. The molecular weight excluding hydrogens is 428 g/mol. The standard InChI is InChI=1S/C16H17F6N3O3S/c1-9(2)10-4-5-23-12(6-10)29(26,27)7-11-13(16(20,21)22)24-25(3)14(11)28-8-15(17,18)19/h4-6,9H,7-8H2,1-3H3. The summed E-state index contributed by atoms with van der Waals surface area (Å²) in [5.74, 6) is -2.29. The van der Waals surface area contributed by atoms with Gasteiger partial charge in [-0.1, -0.05) is 13.8 Å². The van der Waals surface area contributed by atoms with Crippen molar-refractivity contribution in [3.05, 3.63) is 35.2 Å². The smallest absolute Gasteiger partial charge is 0.435 e. The van der Waals surface area contributed by atoms with E-state index >= 15 is 0 Å². The molecule has 0 aliphatic carbocycles. The van der Waals surface area contributed by atoms with E-state index in [2.05, 4.69) is 14.8 Å². The molecule has 2 heterocycles. The Morgan fingerprint density at radius 2 is 1.79 bits per heavy atom. The van der Waals surface area contributed by atoms with E-state index in [0.717, 1.165) is 7.05 Å². The van der Waals surface area contributed by atoms with Gasteiger partial charge in [-0.25, -0.2) is 18.1 Å². The lowest BCUT2D eigenvalue weighted by Gasteiger charge is -2.13. The molecule has 162 valence electrons. The van der Waals surface area contributed by atoms with Crippen LogP contribution >= 0.6 is 0 Å². The van der Waals surface area contributed by atoms with Crippen LogP contribution in [0.25, 0.3) is 0 Å². The van der Waals surface area contributed by atoms with Crippen LogP contribution in [0.1, 0.15) is 36.6 Å². The van der Waals surface area contributed by atoms with Gasteiger partial charge < -0.3 is 4.74 Å². The summed E-state index contributed by atoms with van der Waals surface area (Å²) in [6.45, 7) is 1.65. The molecule has 2 aromatic heterocycles. The first kappa shape index (κ1) is 23.0. The molecule has 2 aromatic rings. The molecule has 0 aliphatic rings. The van der Waals surface area contributed by atoms with Gasteiger partial charge in [-0.3, -0.25) is 0 Å². The number of pyridine rings is 1. The first-order valence-corrected chi connectivity index (χ1v) is 9.78. The van der Waals surface area contributed by atoms with Crippen molar-refractivity contribution in [3.8, 4) is 5.88 Å². The SMILES string of the molecule is CC(C)c1ccnc(S(=O)(=O)Cc2c(C(F)(F)F)nn(C)c2OCC(F)(F)F)c1. The normalized spacial score (nSPS) is 13.2. The van der Waals surface area contributed by atoms with E-state index in [1.807, 2.05) is 0 Å². The van der Waals surface area contributed by atoms with Crippen LogP contribution < -0.4 is 4.74 Å². The maximum absolute atomic E-state index is 13.3. The number of halogens is 6. The number of aryl methyl sites for hydroxylation is 1. The largest absolute Gasteiger partial charge is 0.468 e. The van der Waals surface area contributed by atoms with Gasteiger partial charge in [0.1, 0.15) is 0 Å². The van der Waals surface area contributed by atoms with E-state index in [-0.39, 0.29) is 5.92 Å². The second-order valence-corrected chi connectivity index (χ2v) is 8.44. The highest BCUT2D eigenvalue weighted by atomic mass is 32.2. The zero-order chi connectivity index (χ0) is 22.2. The minimum atomic E-state index is -5.10. The van der Waals surface area contributed by atoms with Crippen molar-refractivity contribution in [2.45, 2.75) is 42.9 Å². The second kappa shape index (κ2) is 7.84. The average molecular weight is 445 g/mol. The summed E-state index contributed by atoms with van der Waals surface area (Å²) in [6.07, 6.45) is -8.75. The highest BCUT2D eigenvalue weighted by Crippen LogP contribution is 2.37. The summed E-state index contributed by atoms with van der Waals surface area (Å²) in [5.41, 5.74) is -2.07. The molecule has 29 heavy (non-hydrogen) atoms. The van der Waals surface area contributed by atoms with Gasteiger partial charge in [0.25, 0.3) is 0 Å². The van der Waals surface area contributed by atoms with E-state index in [1.165, 1.54) is 12.3 Å². The molecule has 6 nitrogen and oxygen atoms in total. The van der Waals surface area contributed by atoms with Gasteiger partial charge >= 0.3 is 12.4 Å². The molecule has 0 amide bonds. The highest BCUT2D eigenvalue weighted by molar-refractivity contribution is 7.90. The fourth-order valence-corrected chi connectivity index (χ4v) is 3.78. The van der Waals surface area contributed by atoms with Crippen LogP contribution in [0.4, 0.5) is 26.3 Å². The Hall–Kier alpha value is -2.31. The predicted octanol–water partition coefficient (Wildman–Crippen LogP) is 3.87. The number of rotatable bonds is 6. The molecule has 0 atom stereocenters. The van der Waals surface area contributed by atoms with Crippen LogP contribution in [-0.2, 0) is 28.8 Å². The van der Waals surface area contributed by atoms with Crippen molar-refractivity contribution in [2.75, 3.05) is 6.61 Å². The zero-order valence-electron chi connectivity index (χ0n) is 15.5. The molecule has 0 aliphatic heterocycles. The van der Waals surface area contributed by atoms with Gasteiger partial charge in [-0.05, 0) is 23.6 Å².